The van der Waals surface area contributed by atoms with Gasteiger partial charge in [-0.2, -0.15) is 0 Å². The van der Waals surface area contributed by atoms with E-state index in [0.29, 0.717) is 6.42 Å². The Morgan fingerprint density at radius 1 is 1.40 bits per heavy atom. The first kappa shape index (κ1) is 14.8. The molecule has 2 heterocycles. The zero-order valence-electron chi connectivity index (χ0n) is 12.5. The van der Waals surface area contributed by atoms with Gasteiger partial charge in [-0.15, -0.1) is 0 Å². The number of rotatable bonds is 6. The SMILES string of the molecule is CCCc1cnc(C)nc1NCCN1CCCCC1=O. The largest absolute Gasteiger partial charge is 0.368 e. The van der Waals surface area contributed by atoms with Gasteiger partial charge in [-0.3, -0.25) is 4.79 Å². The number of aryl methyl sites for hydroxylation is 2. The molecule has 1 N–H and O–H groups in total. The third-order valence-electron chi connectivity index (χ3n) is 3.60. The van der Waals surface area contributed by atoms with Crippen LogP contribution in [0.2, 0.25) is 0 Å². The van der Waals surface area contributed by atoms with Gasteiger partial charge < -0.3 is 10.2 Å². The van der Waals surface area contributed by atoms with Crippen molar-refractivity contribution >= 4 is 11.7 Å². The van der Waals surface area contributed by atoms with Gasteiger partial charge in [-0.25, -0.2) is 9.97 Å². The van der Waals surface area contributed by atoms with Crippen LogP contribution in [0.15, 0.2) is 6.20 Å². The summed E-state index contributed by atoms with van der Waals surface area (Å²) in [5.41, 5.74) is 1.16. The van der Waals surface area contributed by atoms with Gasteiger partial charge >= 0.3 is 0 Å². The summed E-state index contributed by atoms with van der Waals surface area (Å²) in [6, 6.07) is 0. The van der Waals surface area contributed by atoms with E-state index < -0.39 is 0 Å². The summed E-state index contributed by atoms with van der Waals surface area (Å²) in [4.78, 5) is 22.4. The smallest absolute Gasteiger partial charge is 0.222 e. The average molecular weight is 276 g/mol. The van der Waals surface area contributed by atoms with E-state index in [1.807, 2.05) is 18.0 Å². The van der Waals surface area contributed by atoms with Crippen molar-refractivity contribution in [2.24, 2.45) is 0 Å². The highest BCUT2D eigenvalue weighted by molar-refractivity contribution is 5.76. The van der Waals surface area contributed by atoms with E-state index in [4.69, 9.17) is 0 Å². The van der Waals surface area contributed by atoms with Gasteiger partial charge in [0, 0.05) is 37.8 Å². The Kier molecular flexibility index (Phi) is 5.32. The second-order valence-corrected chi connectivity index (χ2v) is 5.31. The molecule has 0 radical (unpaired) electrons. The van der Waals surface area contributed by atoms with Crippen molar-refractivity contribution in [2.45, 2.75) is 46.0 Å². The number of aromatic nitrogens is 2. The summed E-state index contributed by atoms with van der Waals surface area (Å²) in [7, 11) is 0. The fourth-order valence-corrected chi connectivity index (χ4v) is 2.51. The molecule has 110 valence electrons. The van der Waals surface area contributed by atoms with Gasteiger partial charge in [0.2, 0.25) is 5.91 Å². The molecule has 0 bridgehead atoms. The third kappa shape index (κ3) is 3.92. The quantitative estimate of drug-likeness (QED) is 0.865. The number of nitrogens with one attached hydrogen (secondary N) is 1. The number of amides is 1. The molecule has 0 spiro atoms. The maximum absolute atomic E-state index is 11.7. The summed E-state index contributed by atoms with van der Waals surface area (Å²) < 4.78 is 0. The van der Waals surface area contributed by atoms with Crippen LogP contribution >= 0.6 is 0 Å². The monoisotopic (exact) mass is 276 g/mol. The van der Waals surface area contributed by atoms with Crippen molar-refractivity contribution in [3.05, 3.63) is 17.6 Å². The van der Waals surface area contributed by atoms with Crippen LogP contribution in [0.5, 0.6) is 0 Å². The molecule has 0 saturated carbocycles. The van der Waals surface area contributed by atoms with E-state index in [2.05, 4.69) is 22.2 Å². The highest BCUT2D eigenvalue weighted by Crippen LogP contribution is 2.14. The molecule has 2 rings (SSSR count). The lowest BCUT2D eigenvalue weighted by molar-refractivity contribution is -0.133. The Labute approximate surface area is 120 Å². The molecule has 1 saturated heterocycles. The lowest BCUT2D eigenvalue weighted by Crippen LogP contribution is -2.38. The fourth-order valence-electron chi connectivity index (χ4n) is 2.51. The van der Waals surface area contributed by atoms with E-state index in [1.165, 1.54) is 0 Å². The van der Waals surface area contributed by atoms with Crippen LogP contribution in [0.4, 0.5) is 5.82 Å². The first-order valence-electron chi connectivity index (χ1n) is 7.55. The predicted molar refractivity (Wildman–Crippen MR) is 79.7 cm³/mol. The van der Waals surface area contributed by atoms with E-state index in [0.717, 1.165) is 62.5 Å². The zero-order chi connectivity index (χ0) is 14.4. The highest BCUT2D eigenvalue weighted by atomic mass is 16.2. The van der Waals surface area contributed by atoms with Crippen LogP contribution in [-0.2, 0) is 11.2 Å². The Balaban J connectivity index is 1.89. The first-order valence-corrected chi connectivity index (χ1v) is 7.55. The van der Waals surface area contributed by atoms with Crippen LogP contribution in [0.25, 0.3) is 0 Å². The average Bonchev–Trinajstić information content (AvgIpc) is 2.44. The van der Waals surface area contributed by atoms with Gasteiger partial charge in [0.15, 0.2) is 0 Å². The Morgan fingerprint density at radius 2 is 2.25 bits per heavy atom. The molecule has 1 aliphatic rings. The second-order valence-electron chi connectivity index (χ2n) is 5.31. The molecule has 1 fully saturated rings. The molecule has 0 aromatic carbocycles. The Hall–Kier alpha value is -1.65. The van der Waals surface area contributed by atoms with E-state index in [9.17, 15) is 4.79 Å². The molecular formula is C15H24N4O. The number of piperidine rings is 1. The number of nitrogens with zero attached hydrogens (tertiary/aromatic N) is 3. The summed E-state index contributed by atoms with van der Waals surface area (Å²) >= 11 is 0. The van der Waals surface area contributed by atoms with Gasteiger partial charge in [-0.05, 0) is 26.2 Å². The molecule has 0 atom stereocenters. The molecule has 1 aromatic heterocycles. The van der Waals surface area contributed by atoms with Crippen molar-refractivity contribution in [3.8, 4) is 0 Å². The number of hydrogen-bond donors (Lipinski definition) is 1. The number of anilines is 1. The molecule has 0 unspecified atom stereocenters. The van der Waals surface area contributed by atoms with E-state index in [1.54, 1.807) is 0 Å². The number of carbonyl (C=O) groups is 1. The molecule has 1 aliphatic heterocycles. The maximum Gasteiger partial charge on any atom is 0.222 e. The van der Waals surface area contributed by atoms with Crippen molar-refractivity contribution in [1.82, 2.24) is 14.9 Å². The van der Waals surface area contributed by atoms with Gasteiger partial charge in [-0.1, -0.05) is 13.3 Å². The molecular weight excluding hydrogens is 252 g/mol. The lowest BCUT2D eigenvalue weighted by Gasteiger charge is -2.26. The molecule has 5 heteroatoms. The van der Waals surface area contributed by atoms with Crippen LogP contribution in [0, 0.1) is 6.92 Å². The molecule has 5 nitrogen and oxygen atoms in total. The standard InChI is InChI=1S/C15H24N4O/c1-3-6-13-11-17-12(2)18-15(13)16-8-10-19-9-5-4-7-14(19)20/h11H,3-10H2,1-2H3,(H,16,17,18). The molecule has 20 heavy (non-hydrogen) atoms. The third-order valence-corrected chi connectivity index (χ3v) is 3.60. The van der Waals surface area contributed by atoms with E-state index >= 15 is 0 Å². The van der Waals surface area contributed by atoms with Crippen molar-refractivity contribution in [3.63, 3.8) is 0 Å². The zero-order valence-corrected chi connectivity index (χ0v) is 12.5. The first-order chi connectivity index (χ1) is 9.70. The summed E-state index contributed by atoms with van der Waals surface area (Å²) in [6.07, 6.45) is 6.82. The van der Waals surface area contributed by atoms with Crippen LogP contribution in [0.1, 0.15) is 44.0 Å². The Bertz CT molecular complexity index is 461. The van der Waals surface area contributed by atoms with E-state index in [-0.39, 0.29) is 5.91 Å². The predicted octanol–water partition coefficient (Wildman–Crippen LogP) is 2.16. The second kappa shape index (κ2) is 7.22. The molecule has 1 aromatic rings. The summed E-state index contributed by atoms with van der Waals surface area (Å²) in [5, 5.41) is 3.36. The minimum Gasteiger partial charge on any atom is -0.368 e. The van der Waals surface area contributed by atoms with Gasteiger partial charge in [0.05, 0.1) is 0 Å². The Morgan fingerprint density at radius 3 is 3.00 bits per heavy atom. The lowest BCUT2D eigenvalue weighted by atomic mass is 10.1. The summed E-state index contributed by atoms with van der Waals surface area (Å²) in [6.45, 7) is 6.45. The van der Waals surface area contributed by atoms with Crippen LogP contribution in [-0.4, -0.2) is 40.4 Å². The van der Waals surface area contributed by atoms with Crippen molar-refractivity contribution in [2.75, 3.05) is 25.0 Å². The van der Waals surface area contributed by atoms with Crippen LogP contribution in [0.3, 0.4) is 0 Å². The van der Waals surface area contributed by atoms with Crippen LogP contribution < -0.4 is 5.32 Å². The number of likely N-dealkylation sites (tertiary alicyclic amines) is 1. The summed E-state index contributed by atoms with van der Waals surface area (Å²) in [5.74, 6) is 1.98. The molecule has 0 aliphatic carbocycles. The molecule has 1 amide bonds. The minimum absolute atomic E-state index is 0.283. The number of hydrogen-bond acceptors (Lipinski definition) is 4. The highest BCUT2D eigenvalue weighted by Gasteiger charge is 2.17. The maximum atomic E-state index is 11.7. The van der Waals surface area contributed by atoms with Crippen molar-refractivity contribution in [1.29, 1.82) is 0 Å². The normalized spacial score (nSPS) is 15.5. The minimum atomic E-state index is 0.283. The van der Waals surface area contributed by atoms with Crippen molar-refractivity contribution < 1.29 is 4.79 Å². The fraction of sp³-hybridized carbons (Fsp3) is 0.667. The van der Waals surface area contributed by atoms with Gasteiger partial charge in [0.25, 0.3) is 0 Å². The van der Waals surface area contributed by atoms with Gasteiger partial charge in [0.1, 0.15) is 11.6 Å². The topological polar surface area (TPSA) is 58.1 Å². The number of carbonyl (C=O) groups excluding carboxylic acids is 1.